The molecule has 0 fully saturated rings. The van der Waals surface area contributed by atoms with E-state index in [0.717, 1.165) is 48.9 Å². The van der Waals surface area contributed by atoms with Crippen LogP contribution in [0.25, 0.3) is 119 Å². The third kappa shape index (κ3) is 5.15. The van der Waals surface area contributed by atoms with Crippen molar-refractivity contribution >= 4 is 85.0 Å². The minimum Gasteiger partial charge on any atom is -0.455 e. The predicted molar refractivity (Wildman–Crippen MR) is 240 cm³/mol. The highest BCUT2D eigenvalue weighted by Crippen LogP contribution is 2.48. The van der Waals surface area contributed by atoms with Crippen molar-refractivity contribution in [2.45, 2.75) is 0 Å². The van der Waals surface area contributed by atoms with Crippen LogP contribution in [0.15, 0.2) is 180 Å². The molecule has 0 aliphatic carbocycles. The number of nitrogens with zero attached hydrogens (tertiary/aromatic N) is 3. The number of fused-ring (bicyclic) bond motifs is 9. The molecule has 0 unspecified atom stereocenters. The van der Waals surface area contributed by atoms with Crippen LogP contribution in [-0.4, -0.2) is 15.0 Å². The Morgan fingerprint density at radius 1 is 0.351 bits per heavy atom. The second kappa shape index (κ2) is 12.8. The van der Waals surface area contributed by atoms with Gasteiger partial charge in [0.15, 0.2) is 17.5 Å². The van der Waals surface area contributed by atoms with E-state index in [1.807, 2.05) is 53.8 Å². The first-order valence-corrected chi connectivity index (χ1v) is 20.6. The van der Waals surface area contributed by atoms with Gasteiger partial charge in [0, 0.05) is 73.4 Å². The van der Waals surface area contributed by atoms with Crippen LogP contribution in [0.3, 0.4) is 0 Å². The minimum absolute atomic E-state index is 0.655. The van der Waals surface area contributed by atoms with Crippen molar-refractivity contribution in [3.8, 4) is 56.4 Å². The first kappa shape index (κ1) is 32.3. The van der Waals surface area contributed by atoms with Crippen molar-refractivity contribution in [3.63, 3.8) is 0 Å². The molecule has 0 saturated carbocycles. The van der Waals surface area contributed by atoms with Crippen LogP contribution in [0.5, 0.6) is 0 Å². The summed E-state index contributed by atoms with van der Waals surface area (Å²) >= 11 is 3.64. The van der Waals surface area contributed by atoms with Crippen molar-refractivity contribution in [2.24, 2.45) is 0 Å². The number of benzene rings is 8. The molecule has 6 heteroatoms. The molecule has 0 spiro atoms. The molecule has 4 aromatic heterocycles. The van der Waals surface area contributed by atoms with E-state index in [2.05, 4.69) is 133 Å². The van der Waals surface area contributed by atoms with E-state index in [4.69, 9.17) is 19.4 Å². The fourth-order valence-electron chi connectivity index (χ4n) is 8.38. The maximum atomic E-state index is 6.65. The standard InChI is InChI=1S/C51H29N3OS2/c1-3-14-30(15-4-1)49-52-50(31-16-5-2-6-17-31)54-51(53-49)39-24-12-23-38-45-33(20-13-27-43(45)57-48(38)39)32-28-40(46-37-19-8-10-26-42(37)56-44(46)29-32)36-22-11-21-35-34-18-7-9-25-41(34)55-47(35)36/h1-29H. The van der Waals surface area contributed by atoms with Crippen molar-refractivity contribution in [3.05, 3.63) is 176 Å². The molecule has 0 atom stereocenters. The highest BCUT2D eigenvalue weighted by atomic mass is 32.1. The van der Waals surface area contributed by atoms with Crippen molar-refractivity contribution in [2.75, 3.05) is 0 Å². The third-order valence-electron chi connectivity index (χ3n) is 10.9. The molecule has 0 aliphatic rings. The van der Waals surface area contributed by atoms with Gasteiger partial charge in [-0.25, -0.2) is 15.0 Å². The van der Waals surface area contributed by atoms with E-state index in [-0.39, 0.29) is 0 Å². The van der Waals surface area contributed by atoms with Crippen LogP contribution in [0, 0.1) is 0 Å². The monoisotopic (exact) mass is 763 g/mol. The summed E-state index contributed by atoms with van der Waals surface area (Å²) in [4.78, 5) is 15.2. The van der Waals surface area contributed by atoms with Crippen molar-refractivity contribution in [1.82, 2.24) is 15.0 Å². The lowest BCUT2D eigenvalue weighted by atomic mass is 9.92. The molecule has 8 aromatic carbocycles. The van der Waals surface area contributed by atoms with Gasteiger partial charge in [0.25, 0.3) is 0 Å². The summed E-state index contributed by atoms with van der Waals surface area (Å²) < 4.78 is 11.5. The van der Waals surface area contributed by atoms with E-state index >= 15 is 0 Å². The average molecular weight is 764 g/mol. The highest BCUT2D eigenvalue weighted by Gasteiger charge is 2.22. The van der Waals surface area contributed by atoms with Gasteiger partial charge in [0.1, 0.15) is 11.2 Å². The van der Waals surface area contributed by atoms with Crippen LogP contribution in [0.1, 0.15) is 0 Å². The Labute approximate surface area is 335 Å². The molecular formula is C51H29N3OS2. The predicted octanol–water partition coefficient (Wildman–Crippen LogP) is 14.8. The Balaban J connectivity index is 1.10. The number of rotatable bonds is 5. The zero-order chi connectivity index (χ0) is 37.5. The summed E-state index contributed by atoms with van der Waals surface area (Å²) in [5.41, 5.74) is 9.36. The zero-order valence-electron chi connectivity index (χ0n) is 30.3. The van der Waals surface area contributed by atoms with Crippen LogP contribution in [0.2, 0.25) is 0 Å². The molecule has 0 saturated heterocycles. The van der Waals surface area contributed by atoms with E-state index in [9.17, 15) is 0 Å². The first-order valence-electron chi connectivity index (χ1n) is 18.9. The largest absolute Gasteiger partial charge is 0.455 e. The number of furan rings is 1. The summed E-state index contributed by atoms with van der Waals surface area (Å²) in [6, 6.07) is 61.9. The summed E-state index contributed by atoms with van der Waals surface area (Å²) in [6.45, 7) is 0. The molecule has 57 heavy (non-hydrogen) atoms. The topological polar surface area (TPSA) is 51.8 Å². The lowest BCUT2D eigenvalue weighted by Crippen LogP contribution is -2.00. The van der Waals surface area contributed by atoms with Crippen LogP contribution < -0.4 is 0 Å². The van der Waals surface area contributed by atoms with Gasteiger partial charge in [-0.3, -0.25) is 0 Å². The molecule has 0 N–H and O–H groups in total. The van der Waals surface area contributed by atoms with E-state index in [0.29, 0.717) is 17.5 Å². The zero-order valence-corrected chi connectivity index (χ0v) is 31.9. The van der Waals surface area contributed by atoms with Gasteiger partial charge >= 0.3 is 0 Å². The van der Waals surface area contributed by atoms with Crippen LogP contribution >= 0.6 is 22.7 Å². The third-order valence-corrected chi connectivity index (χ3v) is 13.3. The van der Waals surface area contributed by atoms with Gasteiger partial charge in [0.2, 0.25) is 0 Å². The summed E-state index contributed by atoms with van der Waals surface area (Å²) in [5, 5.41) is 7.20. The number of thiophene rings is 2. The normalized spacial score (nSPS) is 11.9. The summed E-state index contributed by atoms with van der Waals surface area (Å²) in [7, 11) is 0. The van der Waals surface area contributed by atoms with Gasteiger partial charge in [-0.15, -0.1) is 22.7 Å². The van der Waals surface area contributed by atoms with Crippen LogP contribution in [-0.2, 0) is 0 Å². The highest BCUT2D eigenvalue weighted by molar-refractivity contribution is 7.26. The fourth-order valence-corrected chi connectivity index (χ4v) is 10.8. The second-order valence-electron chi connectivity index (χ2n) is 14.3. The quantitative estimate of drug-likeness (QED) is 0.175. The minimum atomic E-state index is 0.655. The SMILES string of the molecule is c1ccc(-c2nc(-c3ccccc3)nc(-c3cccc4c3sc3cccc(-c5cc(-c6cccc7c6oc6ccccc67)c6c(c5)sc5ccccc56)c34)n2)cc1. The number of hydrogen-bond acceptors (Lipinski definition) is 6. The molecule has 0 bridgehead atoms. The lowest BCUT2D eigenvalue weighted by molar-refractivity contribution is 0.670. The molecule has 12 aromatic rings. The maximum Gasteiger partial charge on any atom is 0.165 e. The first-order chi connectivity index (χ1) is 28.2. The number of para-hydroxylation sites is 2. The van der Waals surface area contributed by atoms with Gasteiger partial charge < -0.3 is 4.42 Å². The van der Waals surface area contributed by atoms with Gasteiger partial charge in [-0.1, -0.05) is 140 Å². The number of aromatic nitrogens is 3. The average Bonchev–Trinajstić information content (AvgIpc) is 3.98. The summed E-state index contributed by atoms with van der Waals surface area (Å²) in [5.74, 6) is 1.97. The molecule has 4 nitrogen and oxygen atoms in total. The number of hydrogen-bond donors (Lipinski definition) is 0. The van der Waals surface area contributed by atoms with Gasteiger partial charge in [-0.05, 0) is 53.1 Å². The molecule has 12 rings (SSSR count). The van der Waals surface area contributed by atoms with E-state index < -0.39 is 0 Å². The van der Waals surface area contributed by atoms with Crippen LogP contribution in [0.4, 0.5) is 0 Å². The molecule has 4 heterocycles. The Bertz CT molecular complexity index is 3470. The lowest BCUT2D eigenvalue weighted by Gasteiger charge is -2.12. The molecule has 266 valence electrons. The molecule has 0 amide bonds. The Kier molecular flexibility index (Phi) is 7.24. The summed E-state index contributed by atoms with van der Waals surface area (Å²) in [6.07, 6.45) is 0. The molecular weight excluding hydrogens is 735 g/mol. The van der Waals surface area contributed by atoms with E-state index in [1.54, 1.807) is 11.3 Å². The van der Waals surface area contributed by atoms with Crippen molar-refractivity contribution < 1.29 is 4.42 Å². The Hall–Kier alpha value is -6.99. The maximum absolute atomic E-state index is 6.65. The molecule has 0 aliphatic heterocycles. The van der Waals surface area contributed by atoms with Gasteiger partial charge in [-0.2, -0.15) is 0 Å². The van der Waals surface area contributed by atoms with Gasteiger partial charge in [0.05, 0.1) is 0 Å². The fraction of sp³-hybridized carbons (Fsp3) is 0. The smallest absolute Gasteiger partial charge is 0.165 e. The Morgan fingerprint density at radius 2 is 0.930 bits per heavy atom. The Morgan fingerprint density at radius 3 is 1.72 bits per heavy atom. The molecule has 0 radical (unpaired) electrons. The van der Waals surface area contributed by atoms with E-state index in [1.165, 1.54) is 52.3 Å². The van der Waals surface area contributed by atoms with Crippen molar-refractivity contribution in [1.29, 1.82) is 0 Å². The second-order valence-corrected chi connectivity index (χ2v) is 16.4.